The number of hydrogen-bond acceptors (Lipinski definition) is 6. The van der Waals surface area contributed by atoms with Crippen molar-refractivity contribution in [1.82, 2.24) is 0 Å². The van der Waals surface area contributed by atoms with Crippen LogP contribution in [0.3, 0.4) is 0 Å². The Hall–Kier alpha value is -2.67. The number of nitrogens with one attached hydrogen (secondary N) is 1. The van der Waals surface area contributed by atoms with E-state index in [-0.39, 0.29) is 25.2 Å². The van der Waals surface area contributed by atoms with Gasteiger partial charge in [0.1, 0.15) is 6.61 Å². The van der Waals surface area contributed by atoms with Gasteiger partial charge in [-0.15, -0.1) is 0 Å². The second-order valence-electron chi connectivity index (χ2n) is 6.80. The highest BCUT2D eigenvalue weighted by atomic mass is 16.6. The van der Waals surface area contributed by atoms with Crippen molar-refractivity contribution >= 4 is 23.5 Å². The van der Waals surface area contributed by atoms with E-state index in [1.165, 1.54) is 25.1 Å². The van der Waals surface area contributed by atoms with Crippen molar-refractivity contribution in [2.75, 3.05) is 18.5 Å². The van der Waals surface area contributed by atoms with Crippen molar-refractivity contribution in [1.29, 1.82) is 0 Å². The van der Waals surface area contributed by atoms with Crippen molar-refractivity contribution in [2.45, 2.75) is 45.8 Å². The van der Waals surface area contributed by atoms with Crippen LogP contribution in [0.4, 0.5) is 5.69 Å². The molecule has 1 N–H and O–H groups in total. The summed E-state index contributed by atoms with van der Waals surface area (Å²) in [5, 5.41) is 2.66. The lowest BCUT2D eigenvalue weighted by Crippen LogP contribution is -2.34. The molecule has 0 spiro atoms. The van der Waals surface area contributed by atoms with Crippen molar-refractivity contribution in [2.24, 2.45) is 0 Å². The Morgan fingerprint density at radius 3 is 2.33 bits per heavy atom. The molecule has 0 aliphatic carbocycles. The molecule has 7 nitrogen and oxygen atoms in total. The van der Waals surface area contributed by atoms with E-state index < -0.39 is 23.9 Å². The van der Waals surface area contributed by atoms with Gasteiger partial charge in [-0.05, 0) is 45.0 Å². The monoisotopic (exact) mass is 377 g/mol. The lowest BCUT2D eigenvalue weighted by Gasteiger charge is -2.22. The minimum atomic E-state index is -0.970. The number of ether oxygens (including phenoxy) is 3. The van der Waals surface area contributed by atoms with Crippen LogP contribution >= 0.6 is 0 Å². The molecule has 148 valence electrons. The first-order valence-corrected chi connectivity index (χ1v) is 8.62. The number of esters is 2. The van der Waals surface area contributed by atoms with E-state index >= 15 is 0 Å². The van der Waals surface area contributed by atoms with E-state index in [1.807, 2.05) is 20.8 Å². The topological polar surface area (TPSA) is 90.9 Å². The van der Waals surface area contributed by atoms with Crippen molar-refractivity contribution < 1.29 is 28.6 Å². The van der Waals surface area contributed by atoms with Crippen LogP contribution in [-0.2, 0) is 23.8 Å². The molecule has 0 radical (unpaired) electrons. The summed E-state index contributed by atoms with van der Waals surface area (Å²) < 4.78 is 15.6. The number of carbonyl (C=O) groups is 3. The van der Waals surface area contributed by atoms with Crippen LogP contribution in [0.15, 0.2) is 36.9 Å². The molecular weight excluding hydrogens is 350 g/mol. The minimum Gasteiger partial charge on any atom is -0.458 e. The van der Waals surface area contributed by atoms with Gasteiger partial charge in [0, 0.05) is 19.0 Å². The first-order chi connectivity index (χ1) is 12.6. The molecule has 0 saturated heterocycles. The standard InChI is InChI=1S/C20H27NO6/c1-6-12-25-19(24)15-7-9-16(10-8-15)21-18(23)17(27-14(2)22)11-13-26-20(3,4)5/h6-10,17H,1,11-13H2,2-5H3,(H,21,23)/t17-/m1/s1. The summed E-state index contributed by atoms with van der Waals surface area (Å²) in [7, 11) is 0. The summed E-state index contributed by atoms with van der Waals surface area (Å²) in [5.41, 5.74) is 0.465. The van der Waals surface area contributed by atoms with E-state index in [9.17, 15) is 14.4 Å². The SMILES string of the molecule is C=CCOC(=O)c1ccc(NC(=O)[C@@H](CCOC(C)(C)C)OC(C)=O)cc1. The second kappa shape index (κ2) is 10.5. The average Bonchev–Trinajstić information content (AvgIpc) is 2.58. The molecule has 0 saturated carbocycles. The largest absolute Gasteiger partial charge is 0.458 e. The van der Waals surface area contributed by atoms with Gasteiger partial charge in [-0.25, -0.2) is 4.79 Å². The normalized spacial score (nSPS) is 12.0. The smallest absolute Gasteiger partial charge is 0.338 e. The molecule has 1 aromatic rings. The van der Waals surface area contributed by atoms with E-state index in [1.54, 1.807) is 12.1 Å². The number of hydrogen-bond donors (Lipinski definition) is 1. The Kier molecular flexibility index (Phi) is 8.68. The molecule has 0 aromatic heterocycles. The number of carbonyl (C=O) groups excluding carboxylic acids is 3. The van der Waals surface area contributed by atoms with E-state index in [0.717, 1.165) is 0 Å². The fraction of sp³-hybridized carbons (Fsp3) is 0.450. The fourth-order valence-electron chi connectivity index (χ4n) is 2.05. The molecule has 7 heteroatoms. The van der Waals surface area contributed by atoms with Crippen molar-refractivity contribution in [3.63, 3.8) is 0 Å². The molecule has 1 aromatic carbocycles. The van der Waals surface area contributed by atoms with Gasteiger partial charge in [0.05, 0.1) is 17.8 Å². The van der Waals surface area contributed by atoms with Crippen LogP contribution < -0.4 is 5.32 Å². The molecule has 1 amide bonds. The van der Waals surface area contributed by atoms with Crippen molar-refractivity contribution in [3.05, 3.63) is 42.5 Å². The Morgan fingerprint density at radius 1 is 1.19 bits per heavy atom. The van der Waals surface area contributed by atoms with Gasteiger partial charge >= 0.3 is 11.9 Å². The van der Waals surface area contributed by atoms with E-state index in [2.05, 4.69) is 11.9 Å². The van der Waals surface area contributed by atoms with Gasteiger partial charge in [-0.2, -0.15) is 0 Å². The van der Waals surface area contributed by atoms with Crippen LogP contribution in [0.5, 0.6) is 0 Å². The summed E-state index contributed by atoms with van der Waals surface area (Å²) in [6.45, 7) is 10.8. The lowest BCUT2D eigenvalue weighted by molar-refractivity contribution is -0.153. The third-order valence-corrected chi connectivity index (χ3v) is 3.24. The Morgan fingerprint density at radius 2 is 1.81 bits per heavy atom. The third kappa shape index (κ3) is 9.01. The van der Waals surface area contributed by atoms with Crippen LogP contribution in [0.2, 0.25) is 0 Å². The zero-order valence-corrected chi connectivity index (χ0v) is 16.2. The van der Waals surface area contributed by atoms with Gasteiger partial charge in [-0.3, -0.25) is 9.59 Å². The average molecular weight is 377 g/mol. The number of benzene rings is 1. The number of anilines is 1. The Bertz CT molecular complexity index is 660. The fourth-order valence-corrected chi connectivity index (χ4v) is 2.05. The predicted octanol–water partition coefficient (Wildman–Crippen LogP) is 3.10. The maximum atomic E-state index is 12.4. The lowest BCUT2D eigenvalue weighted by atomic mass is 10.1. The molecule has 0 bridgehead atoms. The zero-order chi connectivity index (χ0) is 20.4. The molecular formula is C20H27NO6. The molecule has 1 rings (SSSR count). The summed E-state index contributed by atoms with van der Waals surface area (Å²) in [6, 6.07) is 6.20. The van der Waals surface area contributed by atoms with Crippen LogP contribution in [0, 0.1) is 0 Å². The maximum Gasteiger partial charge on any atom is 0.338 e. The first kappa shape index (κ1) is 22.4. The molecule has 0 aliphatic rings. The minimum absolute atomic E-state index is 0.123. The van der Waals surface area contributed by atoms with Crippen molar-refractivity contribution in [3.8, 4) is 0 Å². The second-order valence-corrected chi connectivity index (χ2v) is 6.80. The molecule has 1 atom stereocenters. The highest BCUT2D eigenvalue weighted by molar-refractivity contribution is 5.96. The van der Waals surface area contributed by atoms with Gasteiger partial charge in [0.2, 0.25) is 0 Å². The van der Waals surface area contributed by atoms with Gasteiger partial charge in [0.25, 0.3) is 5.91 Å². The van der Waals surface area contributed by atoms with E-state index in [0.29, 0.717) is 11.3 Å². The highest BCUT2D eigenvalue weighted by Crippen LogP contribution is 2.14. The summed E-state index contributed by atoms with van der Waals surface area (Å²) in [4.78, 5) is 35.4. The van der Waals surface area contributed by atoms with Gasteiger partial charge < -0.3 is 19.5 Å². The molecule has 0 heterocycles. The molecule has 27 heavy (non-hydrogen) atoms. The first-order valence-electron chi connectivity index (χ1n) is 8.62. The Balaban J connectivity index is 2.69. The molecule has 0 unspecified atom stereocenters. The zero-order valence-electron chi connectivity index (χ0n) is 16.2. The summed E-state index contributed by atoms with van der Waals surface area (Å²) in [6.07, 6.45) is 0.738. The third-order valence-electron chi connectivity index (χ3n) is 3.24. The van der Waals surface area contributed by atoms with Gasteiger partial charge in [-0.1, -0.05) is 12.7 Å². The van der Waals surface area contributed by atoms with Gasteiger partial charge in [0.15, 0.2) is 6.10 Å². The van der Waals surface area contributed by atoms with Crippen LogP contribution in [0.1, 0.15) is 44.5 Å². The highest BCUT2D eigenvalue weighted by Gasteiger charge is 2.23. The maximum absolute atomic E-state index is 12.4. The predicted molar refractivity (Wildman–Crippen MR) is 101 cm³/mol. The molecule has 0 fully saturated rings. The number of amides is 1. The summed E-state index contributed by atoms with van der Waals surface area (Å²) in [5.74, 6) is -1.50. The summed E-state index contributed by atoms with van der Waals surface area (Å²) >= 11 is 0. The quantitative estimate of drug-likeness (QED) is 0.525. The molecule has 0 aliphatic heterocycles. The van der Waals surface area contributed by atoms with Crippen LogP contribution in [-0.4, -0.2) is 42.8 Å². The number of rotatable bonds is 9. The Labute approximate surface area is 159 Å². The van der Waals surface area contributed by atoms with E-state index in [4.69, 9.17) is 14.2 Å². The van der Waals surface area contributed by atoms with Crippen LogP contribution in [0.25, 0.3) is 0 Å².